The van der Waals surface area contributed by atoms with Gasteiger partial charge in [0.05, 0.1) is 5.92 Å². The summed E-state index contributed by atoms with van der Waals surface area (Å²) in [6.07, 6.45) is 3.42. The molecule has 3 atom stereocenters. The van der Waals surface area contributed by atoms with Crippen molar-refractivity contribution >= 4 is 28.6 Å². The van der Waals surface area contributed by atoms with E-state index < -0.39 is 0 Å². The fraction of sp³-hybridized carbons (Fsp3) is 0.857. The Morgan fingerprint density at radius 2 is 2.30 bits per heavy atom. The van der Waals surface area contributed by atoms with Crippen LogP contribution in [0.3, 0.4) is 0 Å². The van der Waals surface area contributed by atoms with E-state index in [1.54, 1.807) is 0 Å². The first-order valence-corrected chi connectivity index (χ1v) is 4.86. The predicted octanol–water partition coefficient (Wildman–Crippen LogP) is 1.52. The van der Waals surface area contributed by atoms with E-state index in [-0.39, 0.29) is 18.0 Å². The minimum Gasteiger partial charge on any atom is -0.461 e. The molecule has 1 saturated carbocycles. The minimum absolute atomic E-state index is 0.0455. The Kier molecular flexibility index (Phi) is 1.62. The number of rotatable bonds is 0. The fourth-order valence-electron chi connectivity index (χ4n) is 1.67. The zero-order valence-electron chi connectivity index (χ0n) is 5.55. The van der Waals surface area contributed by atoms with Crippen molar-refractivity contribution in [1.82, 2.24) is 0 Å². The summed E-state index contributed by atoms with van der Waals surface area (Å²) >= 11 is 2.38. The number of halogens is 1. The first-order chi connectivity index (χ1) is 4.77. The molecule has 0 N–H and O–H groups in total. The molecule has 0 aromatic carbocycles. The van der Waals surface area contributed by atoms with E-state index in [1.807, 2.05) is 0 Å². The summed E-state index contributed by atoms with van der Waals surface area (Å²) in [5.74, 6) is 0.292. The molecule has 56 valence electrons. The maximum atomic E-state index is 11.0. The monoisotopic (exact) mass is 252 g/mol. The van der Waals surface area contributed by atoms with Crippen LogP contribution in [-0.4, -0.2) is 16.0 Å². The molecule has 0 unspecified atom stereocenters. The molecule has 0 spiro atoms. The third kappa shape index (κ3) is 0.946. The molecule has 2 nitrogen and oxygen atoms in total. The highest BCUT2D eigenvalue weighted by atomic mass is 127. The van der Waals surface area contributed by atoms with Crippen LogP contribution >= 0.6 is 22.6 Å². The third-order valence-electron chi connectivity index (χ3n) is 2.31. The topological polar surface area (TPSA) is 26.3 Å². The van der Waals surface area contributed by atoms with Crippen LogP contribution in [0.4, 0.5) is 0 Å². The van der Waals surface area contributed by atoms with Crippen LogP contribution in [0.2, 0.25) is 0 Å². The van der Waals surface area contributed by atoms with E-state index >= 15 is 0 Å². The number of carbonyl (C=O) groups excluding carboxylic acids is 1. The van der Waals surface area contributed by atoms with Crippen LogP contribution in [0.1, 0.15) is 19.3 Å². The lowest BCUT2D eigenvalue weighted by molar-refractivity contribution is -0.143. The smallest absolute Gasteiger partial charge is 0.309 e. The quantitative estimate of drug-likeness (QED) is 0.371. The van der Waals surface area contributed by atoms with Crippen LogP contribution < -0.4 is 0 Å². The zero-order chi connectivity index (χ0) is 7.14. The van der Waals surface area contributed by atoms with Gasteiger partial charge in [0, 0.05) is 3.92 Å². The summed E-state index contributed by atoms with van der Waals surface area (Å²) in [7, 11) is 0. The summed E-state index contributed by atoms with van der Waals surface area (Å²) in [4.78, 5) is 11.0. The highest BCUT2D eigenvalue weighted by Crippen LogP contribution is 2.37. The number of hydrogen-bond acceptors (Lipinski definition) is 2. The predicted molar refractivity (Wildman–Crippen MR) is 45.0 cm³/mol. The molecule has 2 bridgehead atoms. The molecule has 1 aliphatic carbocycles. The van der Waals surface area contributed by atoms with E-state index in [0.29, 0.717) is 3.92 Å². The fourth-order valence-corrected chi connectivity index (χ4v) is 2.47. The number of esters is 1. The number of ether oxygens (including phenoxy) is 1. The molecule has 0 aromatic heterocycles. The van der Waals surface area contributed by atoms with Crippen molar-refractivity contribution in [3.8, 4) is 0 Å². The Morgan fingerprint density at radius 1 is 1.50 bits per heavy atom. The van der Waals surface area contributed by atoms with Gasteiger partial charge in [-0.3, -0.25) is 4.79 Å². The molecule has 2 aliphatic rings. The van der Waals surface area contributed by atoms with Gasteiger partial charge in [-0.15, -0.1) is 0 Å². The Morgan fingerprint density at radius 3 is 3.00 bits per heavy atom. The van der Waals surface area contributed by atoms with Crippen molar-refractivity contribution in [3.63, 3.8) is 0 Å². The summed E-state index contributed by atoms with van der Waals surface area (Å²) in [5, 5.41) is 0. The van der Waals surface area contributed by atoms with Gasteiger partial charge in [-0.2, -0.15) is 0 Å². The molecule has 2 fully saturated rings. The first kappa shape index (κ1) is 6.88. The van der Waals surface area contributed by atoms with Gasteiger partial charge in [-0.05, 0) is 19.3 Å². The standard InChI is InChI=1S/C7H9IO2/c8-5-2-1-4-3-6(5)10-7(4)9/h4-6H,1-3H2/t4-,5-,6+/m0/s1. The Hall–Kier alpha value is 0.200. The lowest BCUT2D eigenvalue weighted by Crippen LogP contribution is -2.22. The summed E-state index contributed by atoms with van der Waals surface area (Å²) in [6, 6.07) is 0. The number of hydrogen-bond donors (Lipinski definition) is 0. The molecule has 2 rings (SSSR count). The zero-order valence-corrected chi connectivity index (χ0v) is 7.71. The van der Waals surface area contributed by atoms with Gasteiger partial charge >= 0.3 is 5.97 Å². The van der Waals surface area contributed by atoms with Crippen LogP contribution in [0.15, 0.2) is 0 Å². The van der Waals surface area contributed by atoms with Crippen molar-refractivity contribution in [1.29, 1.82) is 0 Å². The minimum atomic E-state index is 0.0455. The molecule has 1 aliphatic heterocycles. The van der Waals surface area contributed by atoms with Gasteiger partial charge in [0.25, 0.3) is 0 Å². The Bertz CT molecular complexity index is 169. The van der Waals surface area contributed by atoms with Crippen LogP contribution in [-0.2, 0) is 9.53 Å². The van der Waals surface area contributed by atoms with Crippen LogP contribution in [0, 0.1) is 5.92 Å². The van der Waals surface area contributed by atoms with Crippen molar-refractivity contribution in [2.45, 2.75) is 29.3 Å². The molecule has 0 aromatic rings. The van der Waals surface area contributed by atoms with E-state index in [4.69, 9.17) is 4.74 Å². The maximum absolute atomic E-state index is 11.0. The lowest BCUT2D eigenvalue weighted by atomic mass is 9.90. The Balaban J connectivity index is 2.15. The van der Waals surface area contributed by atoms with Gasteiger partial charge in [-0.1, -0.05) is 22.6 Å². The molecule has 1 heterocycles. The molecule has 1 saturated heterocycles. The van der Waals surface area contributed by atoms with Crippen molar-refractivity contribution in [2.24, 2.45) is 5.92 Å². The second-order valence-corrected chi connectivity index (χ2v) is 4.60. The van der Waals surface area contributed by atoms with Crippen molar-refractivity contribution in [3.05, 3.63) is 0 Å². The van der Waals surface area contributed by atoms with Crippen LogP contribution in [0.25, 0.3) is 0 Å². The first-order valence-electron chi connectivity index (χ1n) is 3.62. The molecule has 3 heteroatoms. The number of alkyl halides is 1. The number of fused-ring (bicyclic) bond motifs is 2. The van der Waals surface area contributed by atoms with E-state index in [2.05, 4.69) is 22.6 Å². The van der Waals surface area contributed by atoms with E-state index in [0.717, 1.165) is 19.3 Å². The molecular weight excluding hydrogens is 243 g/mol. The van der Waals surface area contributed by atoms with E-state index in [1.165, 1.54) is 0 Å². The maximum Gasteiger partial charge on any atom is 0.309 e. The molecule has 0 amide bonds. The highest BCUT2D eigenvalue weighted by molar-refractivity contribution is 14.1. The molecule has 10 heavy (non-hydrogen) atoms. The third-order valence-corrected chi connectivity index (χ3v) is 3.74. The second kappa shape index (κ2) is 2.36. The van der Waals surface area contributed by atoms with Gasteiger partial charge in [-0.25, -0.2) is 0 Å². The van der Waals surface area contributed by atoms with Crippen molar-refractivity contribution < 1.29 is 9.53 Å². The lowest BCUT2D eigenvalue weighted by Gasteiger charge is -2.19. The average Bonchev–Trinajstić information content (AvgIpc) is 2.21. The largest absolute Gasteiger partial charge is 0.461 e. The van der Waals surface area contributed by atoms with Gasteiger partial charge in [0.2, 0.25) is 0 Å². The van der Waals surface area contributed by atoms with E-state index in [9.17, 15) is 4.79 Å². The average molecular weight is 252 g/mol. The second-order valence-electron chi connectivity index (χ2n) is 3.00. The normalized spacial score (nSPS) is 45.3. The van der Waals surface area contributed by atoms with Gasteiger partial charge in [0.15, 0.2) is 0 Å². The summed E-state index contributed by atoms with van der Waals surface area (Å²) in [6.45, 7) is 0. The van der Waals surface area contributed by atoms with Gasteiger partial charge in [0.1, 0.15) is 6.10 Å². The molecular formula is C7H9IO2. The Labute approximate surface area is 73.5 Å². The summed E-state index contributed by atoms with van der Waals surface area (Å²) in [5.41, 5.74) is 0. The van der Waals surface area contributed by atoms with Crippen LogP contribution in [0.5, 0.6) is 0 Å². The summed E-state index contributed by atoms with van der Waals surface area (Å²) < 4.78 is 5.72. The van der Waals surface area contributed by atoms with Gasteiger partial charge < -0.3 is 4.74 Å². The number of carbonyl (C=O) groups is 1. The highest BCUT2D eigenvalue weighted by Gasteiger charge is 2.41. The molecule has 0 radical (unpaired) electrons. The van der Waals surface area contributed by atoms with Crippen molar-refractivity contribution in [2.75, 3.05) is 0 Å². The SMILES string of the molecule is O=C1O[C@@H]2C[C@@H]1CC[C@@H]2I.